The van der Waals surface area contributed by atoms with Crippen LogP contribution in [0.25, 0.3) is 0 Å². The maximum Gasteiger partial charge on any atom is 0.264 e. The molecular formula is C21H26N2O4S. The number of hydrogen-bond acceptors (Lipinski definition) is 4. The Morgan fingerprint density at radius 2 is 1.79 bits per heavy atom. The summed E-state index contributed by atoms with van der Waals surface area (Å²) in [5, 5.41) is 2.83. The quantitative estimate of drug-likeness (QED) is 0.834. The van der Waals surface area contributed by atoms with E-state index in [-0.39, 0.29) is 23.3 Å². The van der Waals surface area contributed by atoms with Crippen molar-refractivity contribution < 1.29 is 17.9 Å². The van der Waals surface area contributed by atoms with Crippen LogP contribution >= 0.6 is 0 Å². The highest BCUT2D eigenvalue weighted by molar-refractivity contribution is 7.92. The molecular weight excluding hydrogens is 376 g/mol. The van der Waals surface area contributed by atoms with Crippen molar-refractivity contribution in [2.24, 2.45) is 5.92 Å². The molecule has 0 saturated heterocycles. The molecule has 1 unspecified atom stereocenters. The zero-order chi connectivity index (χ0) is 20.5. The smallest absolute Gasteiger partial charge is 0.264 e. The molecule has 150 valence electrons. The highest BCUT2D eigenvalue weighted by Gasteiger charge is 2.37. The van der Waals surface area contributed by atoms with Crippen molar-refractivity contribution >= 4 is 21.6 Å². The van der Waals surface area contributed by atoms with Gasteiger partial charge in [-0.25, -0.2) is 8.42 Å². The number of ether oxygens (including phenoxy) is 1. The Morgan fingerprint density at radius 3 is 2.43 bits per heavy atom. The number of nitrogens with one attached hydrogen (secondary N) is 1. The van der Waals surface area contributed by atoms with Gasteiger partial charge in [0.25, 0.3) is 15.9 Å². The van der Waals surface area contributed by atoms with E-state index in [1.165, 1.54) is 4.31 Å². The third-order valence-electron chi connectivity index (χ3n) is 4.57. The zero-order valence-electron chi connectivity index (χ0n) is 16.6. The Bertz CT molecular complexity index is 968. The van der Waals surface area contributed by atoms with Crippen LogP contribution in [-0.4, -0.2) is 33.5 Å². The van der Waals surface area contributed by atoms with Crippen molar-refractivity contribution in [3.63, 3.8) is 0 Å². The molecule has 28 heavy (non-hydrogen) atoms. The first kappa shape index (κ1) is 20.2. The number of fused-ring (bicyclic) bond motifs is 1. The van der Waals surface area contributed by atoms with Gasteiger partial charge in [-0.3, -0.25) is 9.10 Å². The second-order valence-corrected chi connectivity index (χ2v) is 9.43. The van der Waals surface area contributed by atoms with Gasteiger partial charge < -0.3 is 10.1 Å². The first-order chi connectivity index (χ1) is 13.2. The van der Waals surface area contributed by atoms with Crippen LogP contribution in [0.5, 0.6) is 5.75 Å². The average Bonchev–Trinajstić information content (AvgIpc) is 2.65. The van der Waals surface area contributed by atoms with Crippen LogP contribution in [0.1, 0.15) is 25.0 Å². The minimum Gasteiger partial charge on any atom is -0.476 e. The fraction of sp³-hybridized carbons (Fsp3) is 0.381. The number of nitrogens with zero attached hydrogens (tertiary/aromatic N) is 1. The van der Waals surface area contributed by atoms with Gasteiger partial charge in [-0.15, -0.1) is 0 Å². The number of anilines is 1. The van der Waals surface area contributed by atoms with Crippen LogP contribution in [-0.2, 0) is 14.8 Å². The van der Waals surface area contributed by atoms with Gasteiger partial charge in [0.1, 0.15) is 5.75 Å². The van der Waals surface area contributed by atoms with E-state index < -0.39 is 16.1 Å². The molecule has 0 bridgehead atoms. The first-order valence-corrected chi connectivity index (χ1v) is 10.8. The fourth-order valence-corrected chi connectivity index (χ4v) is 4.46. The molecule has 0 aromatic heterocycles. The molecule has 6 nitrogen and oxygen atoms in total. The molecule has 1 aliphatic rings. The molecule has 0 fully saturated rings. The van der Waals surface area contributed by atoms with Crippen LogP contribution in [0.3, 0.4) is 0 Å². The molecule has 1 atom stereocenters. The lowest BCUT2D eigenvalue weighted by atomic mass is 10.1. The highest BCUT2D eigenvalue weighted by atomic mass is 32.2. The summed E-state index contributed by atoms with van der Waals surface area (Å²) in [4.78, 5) is 12.8. The van der Waals surface area contributed by atoms with Crippen LogP contribution in [0.15, 0.2) is 47.4 Å². The Kier molecular flexibility index (Phi) is 5.65. The maximum absolute atomic E-state index is 13.3. The van der Waals surface area contributed by atoms with E-state index in [2.05, 4.69) is 5.32 Å². The van der Waals surface area contributed by atoms with Crippen molar-refractivity contribution in [3.8, 4) is 5.75 Å². The van der Waals surface area contributed by atoms with Gasteiger partial charge in [-0.2, -0.15) is 0 Å². The van der Waals surface area contributed by atoms with Crippen LogP contribution in [0.4, 0.5) is 5.69 Å². The number of carbonyl (C=O) groups excluding carboxylic acids is 1. The Balaban J connectivity index is 1.99. The van der Waals surface area contributed by atoms with Gasteiger partial charge in [-0.05, 0) is 49.6 Å². The number of carbonyl (C=O) groups is 1. The van der Waals surface area contributed by atoms with Gasteiger partial charge in [0.15, 0.2) is 6.10 Å². The van der Waals surface area contributed by atoms with Crippen molar-refractivity contribution in [1.29, 1.82) is 0 Å². The standard InChI is InChI=1S/C21H26N2O4S/c1-14(2)12-22-21(24)20-13-23(18-10-7-16(4)11-19(18)27-20)28(25,26)17-8-5-15(3)6-9-17/h5-11,14,20H,12-13H2,1-4H3,(H,22,24). The van der Waals surface area contributed by atoms with E-state index in [0.29, 0.717) is 18.0 Å². The maximum atomic E-state index is 13.3. The van der Waals surface area contributed by atoms with Gasteiger partial charge in [0.05, 0.1) is 17.1 Å². The Labute approximate surface area is 166 Å². The summed E-state index contributed by atoms with van der Waals surface area (Å²) in [7, 11) is -3.83. The lowest BCUT2D eigenvalue weighted by Crippen LogP contribution is -2.51. The molecule has 7 heteroatoms. The lowest BCUT2D eigenvalue weighted by Gasteiger charge is -2.35. The van der Waals surface area contributed by atoms with Gasteiger partial charge in [0, 0.05) is 6.54 Å². The monoisotopic (exact) mass is 402 g/mol. The summed E-state index contributed by atoms with van der Waals surface area (Å²) in [6.07, 6.45) is -0.909. The van der Waals surface area contributed by atoms with E-state index in [1.807, 2.05) is 33.8 Å². The second-order valence-electron chi connectivity index (χ2n) is 7.57. The van der Waals surface area contributed by atoms with E-state index in [0.717, 1.165) is 11.1 Å². The van der Waals surface area contributed by atoms with E-state index in [9.17, 15) is 13.2 Å². The molecule has 1 N–H and O–H groups in total. The lowest BCUT2D eigenvalue weighted by molar-refractivity contribution is -0.127. The van der Waals surface area contributed by atoms with Gasteiger partial charge in [-0.1, -0.05) is 37.6 Å². The second kappa shape index (κ2) is 7.83. The molecule has 2 aromatic rings. The average molecular weight is 403 g/mol. The number of aryl methyl sites for hydroxylation is 2. The SMILES string of the molecule is Cc1ccc(S(=O)(=O)N2CC(C(=O)NCC(C)C)Oc3cc(C)ccc32)cc1. The molecule has 2 aromatic carbocycles. The summed E-state index contributed by atoms with van der Waals surface area (Å²) in [6.45, 7) is 8.22. The Morgan fingerprint density at radius 1 is 1.14 bits per heavy atom. The molecule has 1 amide bonds. The van der Waals surface area contributed by atoms with Crippen molar-refractivity contribution in [3.05, 3.63) is 53.6 Å². The molecule has 0 spiro atoms. The van der Waals surface area contributed by atoms with E-state index >= 15 is 0 Å². The number of benzene rings is 2. The summed E-state index contributed by atoms with van der Waals surface area (Å²) >= 11 is 0. The Hall–Kier alpha value is -2.54. The number of amides is 1. The first-order valence-electron chi connectivity index (χ1n) is 9.33. The number of sulfonamides is 1. The van der Waals surface area contributed by atoms with Gasteiger partial charge in [0.2, 0.25) is 0 Å². The molecule has 0 radical (unpaired) electrons. The summed E-state index contributed by atoms with van der Waals surface area (Å²) in [6, 6.07) is 12.0. The molecule has 1 aliphatic heterocycles. The minimum absolute atomic E-state index is 0.0732. The number of rotatable bonds is 5. The minimum atomic E-state index is -3.83. The molecule has 0 aliphatic carbocycles. The van der Waals surface area contributed by atoms with Crippen molar-refractivity contribution in [1.82, 2.24) is 5.32 Å². The molecule has 1 heterocycles. The third-order valence-corrected chi connectivity index (χ3v) is 6.36. The van der Waals surface area contributed by atoms with Crippen molar-refractivity contribution in [2.75, 3.05) is 17.4 Å². The summed E-state index contributed by atoms with van der Waals surface area (Å²) < 4.78 is 33.8. The topological polar surface area (TPSA) is 75.7 Å². The van der Waals surface area contributed by atoms with Crippen molar-refractivity contribution in [2.45, 2.75) is 38.7 Å². The fourth-order valence-electron chi connectivity index (χ4n) is 2.98. The molecule has 3 rings (SSSR count). The summed E-state index contributed by atoms with van der Waals surface area (Å²) in [5.41, 5.74) is 2.34. The van der Waals surface area contributed by atoms with E-state index in [4.69, 9.17) is 4.74 Å². The largest absolute Gasteiger partial charge is 0.476 e. The zero-order valence-corrected chi connectivity index (χ0v) is 17.4. The summed E-state index contributed by atoms with van der Waals surface area (Å²) in [5.74, 6) is 0.367. The predicted octanol–water partition coefficient (Wildman–Crippen LogP) is 3.03. The van der Waals surface area contributed by atoms with Gasteiger partial charge >= 0.3 is 0 Å². The van der Waals surface area contributed by atoms with E-state index in [1.54, 1.807) is 36.4 Å². The van der Waals surface area contributed by atoms with Crippen LogP contribution in [0, 0.1) is 19.8 Å². The number of hydrogen-bond donors (Lipinski definition) is 1. The van der Waals surface area contributed by atoms with Crippen LogP contribution < -0.4 is 14.4 Å². The predicted molar refractivity (Wildman–Crippen MR) is 109 cm³/mol. The third kappa shape index (κ3) is 4.14. The normalized spacial score (nSPS) is 16.5. The molecule has 0 saturated carbocycles. The highest BCUT2D eigenvalue weighted by Crippen LogP contribution is 2.37. The van der Waals surface area contributed by atoms with Crippen LogP contribution in [0.2, 0.25) is 0 Å².